The maximum absolute atomic E-state index is 13.1. The van der Waals surface area contributed by atoms with Gasteiger partial charge in [0.1, 0.15) is 5.75 Å². The van der Waals surface area contributed by atoms with Crippen LogP contribution in [0, 0.1) is 0 Å². The van der Waals surface area contributed by atoms with E-state index in [-0.39, 0.29) is 16.6 Å². The zero-order valence-electron chi connectivity index (χ0n) is 17.9. The van der Waals surface area contributed by atoms with E-state index >= 15 is 0 Å². The van der Waals surface area contributed by atoms with Crippen LogP contribution in [0.2, 0.25) is 0 Å². The molecule has 10 heteroatoms. The fourth-order valence-electron chi connectivity index (χ4n) is 2.76. The SMILES string of the molecule is COc1ccc(SCC(=O)N(CCN(C)C)c2nc3ccc(S(C)(=O)=O)cc3s2)cc1. The first-order valence-corrected chi connectivity index (χ1v) is 13.2. The standard InChI is InChI=1S/C21H25N3O4S3/c1-23(2)11-12-24(20(25)14-29-16-7-5-15(28-3)6-8-16)21-22-18-10-9-17(31(4,26)27)13-19(18)30-21/h5-10,13H,11-12,14H2,1-4H3. The van der Waals surface area contributed by atoms with Gasteiger partial charge in [-0.05, 0) is 56.6 Å². The van der Waals surface area contributed by atoms with Crippen LogP contribution in [0.15, 0.2) is 52.3 Å². The summed E-state index contributed by atoms with van der Waals surface area (Å²) in [7, 11) is 2.21. The molecule has 2 aromatic carbocycles. The van der Waals surface area contributed by atoms with Crippen molar-refractivity contribution in [3.8, 4) is 5.75 Å². The number of likely N-dealkylation sites (N-methyl/N-ethyl adjacent to an activating group) is 1. The number of benzene rings is 2. The van der Waals surface area contributed by atoms with E-state index in [9.17, 15) is 13.2 Å². The number of carbonyl (C=O) groups is 1. The average Bonchev–Trinajstić information content (AvgIpc) is 3.14. The van der Waals surface area contributed by atoms with E-state index in [1.807, 2.05) is 43.3 Å². The van der Waals surface area contributed by atoms with Crippen molar-refractivity contribution in [2.24, 2.45) is 0 Å². The number of methoxy groups -OCH3 is 1. The van der Waals surface area contributed by atoms with Crippen LogP contribution in [0.25, 0.3) is 10.2 Å². The summed E-state index contributed by atoms with van der Waals surface area (Å²) in [5.74, 6) is 0.987. The maximum Gasteiger partial charge on any atom is 0.239 e. The summed E-state index contributed by atoms with van der Waals surface area (Å²) >= 11 is 2.78. The van der Waals surface area contributed by atoms with Crippen LogP contribution >= 0.6 is 23.1 Å². The van der Waals surface area contributed by atoms with Crippen LogP contribution in [-0.4, -0.2) is 70.5 Å². The molecular weight excluding hydrogens is 454 g/mol. The van der Waals surface area contributed by atoms with Crippen molar-refractivity contribution in [3.05, 3.63) is 42.5 Å². The van der Waals surface area contributed by atoms with Gasteiger partial charge < -0.3 is 9.64 Å². The Labute approximate surface area is 190 Å². The molecular formula is C21H25N3O4S3. The predicted molar refractivity (Wildman–Crippen MR) is 127 cm³/mol. The number of rotatable bonds is 9. The molecule has 3 aromatic rings. The molecule has 0 aliphatic heterocycles. The molecule has 3 rings (SSSR count). The van der Waals surface area contributed by atoms with Crippen molar-refractivity contribution in [2.45, 2.75) is 9.79 Å². The largest absolute Gasteiger partial charge is 0.497 e. The quantitative estimate of drug-likeness (QED) is 0.435. The van der Waals surface area contributed by atoms with Crippen molar-refractivity contribution in [3.63, 3.8) is 0 Å². The maximum atomic E-state index is 13.1. The van der Waals surface area contributed by atoms with Gasteiger partial charge in [0.15, 0.2) is 15.0 Å². The van der Waals surface area contributed by atoms with Gasteiger partial charge in [0.05, 0.1) is 28.0 Å². The molecule has 31 heavy (non-hydrogen) atoms. The summed E-state index contributed by atoms with van der Waals surface area (Å²) in [5.41, 5.74) is 0.679. The molecule has 0 saturated heterocycles. The monoisotopic (exact) mass is 479 g/mol. The van der Waals surface area contributed by atoms with E-state index in [4.69, 9.17) is 4.74 Å². The summed E-state index contributed by atoms with van der Waals surface area (Å²) in [4.78, 5) is 22.6. The van der Waals surface area contributed by atoms with E-state index in [1.54, 1.807) is 30.2 Å². The zero-order chi connectivity index (χ0) is 22.6. The molecule has 0 bridgehead atoms. The van der Waals surface area contributed by atoms with Crippen LogP contribution in [0.1, 0.15) is 0 Å². The first-order chi connectivity index (χ1) is 14.7. The number of hydrogen-bond donors (Lipinski definition) is 0. The van der Waals surface area contributed by atoms with Crippen molar-refractivity contribution < 1.29 is 17.9 Å². The molecule has 0 spiro atoms. The number of anilines is 1. The second kappa shape index (κ2) is 9.99. The summed E-state index contributed by atoms with van der Waals surface area (Å²) < 4.78 is 29.6. The number of amides is 1. The number of aromatic nitrogens is 1. The second-order valence-corrected chi connectivity index (χ2v) is 11.3. The first kappa shape index (κ1) is 23.5. The van der Waals surface area contributed by atoms with E-state index in [1.165, 1.54) is 29.4 Å². The lowest BCUT2D eigenvalue weighted by Crippen LogP contribution is -2.37. The van der Waals surface area contributed by atoms with Gasteiger partial charge in [0.25, 0.3) is 0 Å². The minimum atomic E-state index is -3.31. The van der Waals surface area contributed by atoms with Gasteiger partial charge in [-0.25, -0.2) is 13.4 Å². The Morgan fingerprint density at radius 1 is 1.13 bits per heavy atom. The summed E-state index contributed by atoms with van der Waals surface area (Å²) in [6.45, 7) is 1.18. The minimum Gasteiger partial charge on any atom is -0.497 e. The second-order valence-electron chi connectivity index (χ2n) is 7.21. The molecule has 0 saturated carbocycles. The molecule has 166 valence electrons. The van der Waals surface area contributed by atoms with Crippen LogP contribution in [0.4, 0.5) is 5.13 Å². The fraction of sp³-hybridized carbons (Fsp3) is 0.333. The third-order valence-corrected chi connectivity index (χ3v) is 7.65. The third-order valence-electron chi connectivity index (χ3n) is 4.50. The van der Waals surface area contributed by atoms with Crippen LogP contribution in [0.3, 0.4) is 0 Å². The van der Waals surface area contributed by atoms with Gasteiger partial charge in [-0.3, -0.25) is 9.69 Å². The molecule has 1 amide bonds. The number of thioether (sulfide) groups is 1. The molecule has 0 aliphatic rings. The van der Waals surface area contributed by atoms with Gasteiger partial charge >= 0.3 is 0 Å². The van der Waals surface area contributed by atoms with Crippen molar-refractivity contribution in [1.29, 1.82) is 0 Å². The van der Waals surface area contributed by atoms with Gasteiger partial charge in [-0.2, -0.15) is 0 Å². The molecule has 0 radical (unpaired) electrons. The smallest absolute Gasteiger partial charge is 0.239 e. The topological polar surface area (TPSA) is 79.8 Å². The highest BCUT2D eigenvalue weighted by atomic mass is 32.2. The van der Waals surface area contributed by atoms with E-state index in [2.05, 4.69) is 4.98 Å². The van der Waals surface area contributed by atoms with Crippen LogP contribution < -0.4 is 9.64 Å². The fourth-order valence-corrected chi connectivity index (χ4v) is 5.31. The zero-order valence-corrected chi connectivity index (χ0v) is 20.3. The van der Waals surface area contributed by atoms with Crippen molar-refractivity contribution in [1.82, 2.24) is 9.88 Å². The highest BCUT2D eigenvalue weighted by Gasteiger charge is 2.21. The number of hydrogen-bond acceptors (Lipinski definition) is 8. The third kappa shape index (κ3) is 6.19. The lowest BCUT2D eigenvalue weighted by Gasteiger charge is -2.21. The Balaban J connectivity index is 1.82. The lowest BCUT2D eigenvalue weighted by atomic mass is 10.3. The van der Waals surface area contributed by atoms with Gasteiger partial charge in [0.2, 0.25) is 5.91 Å². The molecule has 0 atom stereocenters. The summed E-state index contributed by atoms with van der Waals surface area (Å²) in [6, 6.07) is 12.4. The summed E-state index contributed by atoms with van der Waals surface area (Å²) in [6.07, 6.45) is 1.18. The van der Waals surface area contributed by atoms with Gasteiger partial charge in [-0.1, -0.05) is 11.3 Å². The number of sulfone groups is 1. The number of nitrogens with zero attached hydrogens (tertiary/aromatic N) is 3. The predicted octanol–water partition coefficient (Wildman–Crippen LogP) is 3.40. The van der Waals surface area contributed by atoms with Crippen LogP contribution in [0.5, 0.6) is 5.75 Å². The van der Waals surface area contributed by atoms with E-state index in [0.717, 1.165) is 15.3 Å². The Morgan fingerprint density at radius 3 is 2.45 bits per heavy atom. The lowest BCUT2D eigenvalue weighted by molar-refractivity contribution is -0.116. The highest BCUT2D eigenvalue weighted by Crippen LogP contribution is 2.31. The minimum absolute atomic E-state index is 0.0509. The van der Waals surface area contributed by atoms with Gasteiger partial charge in [-0.15, -0.1) is 11.8 Å². The first-order valence-electron chi connectivity index (χ1n) is 9.50. The number of fused-ring (bicyclic) bond motifs is 1. The van der Waals surface area contributed by atoms with Gasteiger partial charge in [0, 0.05) is 24.2 Å². The molecule has 1 heterocycles. The molecule has 0 fully saturated rings. The molecule has 0 unspecified atom stereocenters. The highest BCUT2D eigenvalue weighted by molar-refractivity contribution is 8.00. The Kier molecular flexibility index (Phi) is 7.58. The average molecular weight is 480 g/mol. The van der Waals surface area contributed by atoms with Crippen molar-refractivity contribution in [2.75, 3.05) is 51.2 Å². The number of thiazole rings is 1. The molecule has 1 aromatic heterocycles. The molecule has 0 N–H and O–H groups in total. The number of ether oxygens (including phenoxy) is 1. The van der Waals surface area contributed by atoms with E-state index in [0.29, 0.717) is 23.7 Å². The van der Waals surface area contributed by atoms with Crippen LogP contribution in [-0.2, 0) is 14.6 Å². The Hall–Kier alpha value is -2.14. The Morgan fingerprint density at radius 2 is 1.84 bits per heavy atom. The summed E-state index contributed by atoms with van der Waals surface area (Å²) in [5, 5.41) is 0.572. The molecule has 0 aliphatic carbocycles. The van der Waals surface area contributed by atoms with Crippen molar-refractivity contribution >= 4 is 54.2 Å². The van der Waals surface area contributed by atoms with E-state index < -0.39 is 9.84 Å². The number of carbonyl (C=O) groups excluding carboxylic acids is 1. The Bertz CT molecular complexity index is 1160. The molecule has 7 nitrogen and oxygen atoms in total. The normalized spacial score (nSPS) is 11.8.